The van der Waals surface area contributed by atoms with E-state index in [1.807, 2.05) is 0 Å². The van der Waals surface area contributed by atoms with E-state index in [0.29, 0.717) is 0 Å². The Kier molecular flexibility index (Phi) is 63.0. The maximum atomic E-state index is 8.25. The predicted molar refractivity (Wildman–Crippen MR) is 62.2 cm³/mol. The van der Waals surface area contributed by atoms with Crippen LogP contribution < -0.4 is 0 Å². The van der Waals surface area contributed by atoms with Gasteiger partial charge in [-0.15, -0.1) is 0 Å². The van der Waals surface area contributed by atoms with Crippen LogP contribution in [0.5, 0.6) is 0 Å². The summed E-state index contributed by atoms with van der Waals surface area (Å²) >= 11 is 0. The van der Waals surface area contributed by atoms with Crippen molar-refractivity contribution in [1.29, 1.82) is 0 Å². The molecule has 0 aromatic rings. The third-order valence-electron chi connectivity index (χ3n) is 0. The van der Waals surface area contributed by atoms with Crippen LogP contribution in [0, 0.1) is 91.9 Å². The summed E-state index contributed by atoms with van der Waals surface area (Å²) in [6.07, 6.45) is 0. The zero-order chi connectivity index (χ0) is 21.5. The van der Waals surface area contributed by atoms with Gasteiger partial charge in [-0.05, 0) is 0 Å². The standard InChI is InChI=1S/Mo.6NO3/c;6*2-1(3)4/q+6;6*-1. The molecule has 0 N–H and O–H groups in total. The van der Waals surface area contributed by atoms with Gasteiger partial charge in [-0.1, -0.05) is 0 Å². The second-order valence-electron chi connectivity index (χ2n) is 1.34. The quantitative estimate of drug-likeness (QED) is 0.223. The van der Waals surface area contributed by atoms with Gasteiger partial charge in [0.25, 0.3) is 0 Å². The van der Waals surface area contributed by atoms with Crippen molar-refractivity contribution < 1.29 is 51.6 Å². The fourth-order valence-corrected chi connectivity index (χ4v) is 0. The van der Waals surface area contributed by atoms with Crippen molar-refractivity contribution >= 4 is 0 Å². The van der Waals surface area contributed by atoms with Gasteiger partial charge in [-0.3, -0.25) is 0 Å². The van der Waals surface area contributed by atoms with E-state index >= 15 is 0 Å². The van der Waals surface area contributed by atoms with Crippen molar-refractivity contribution in [3.63, 3.8) is 0 Å². The maximum absolute atomic E-state index is 8.25. The summed E-state index contributed by atoms with van der Waals surface area (Å²) in [7, 11) is 0. The van der Waals surface area contributed by atoms with Gasteiger partial charge in [0.2, 0.25) is 0 Å². The minimum Gasteiger partial charge on any atom is -0.356 e. The molecule has 0 aliphatic rings. The van der Waals surface area contributed by atoms with Crippen molar-refractivity contribution in [2.24, 2.45) is 0 Å². The molecule has 0 spiro atoms. The van der Waals surface area contributed by atoms with E-state index in [2.05, 4.69) is 0 Å². The first-order chi connectivity index (χ1) is 10.4. The molecule has 0 aromatic carbocycles. The van der Waals surface area contributed by atoms with Crippen LogP contribution in [0.25, 0.3) is 0 Å². The van der Waals surface area contributed by atoms with Crippen LogP contribution in [0.3, 0.4) is 0 Å². The van der Waals surface area contributed by atoms with E-state index in [9.17, 15) is 0 Å². The molecule has 0 saturated heterocycles. The van der Waals surface area contributed by atoms with Crippen LogP contribution in [0.2, 0.25) is 0 Å². The molecule has 25 heteroatoms. The van der Waals surface area contributed by atoms with Crippen molar-refractivity contribution in [3.8, 4) is 0 Å². The minimum absolute atomic E-state index is 0. The summed E-state index contributed by atoms with van der Waals surface area (Å²) in [4.78, 5) is 49.5. The van der Waals surface area contributed by atoms with Crippen LogP contribution in [0.1, 0.15) is 0 Å². The molecule has 0 saturated carbocycles. The fraction of sp³-hybridized carbons (Fsp3) is 0. The molecule has 0 fully saturated rings. The van der Waals surface area contributed by atoms with Gasteiger partial charge in [0.05, 0.1) is 30.5 Å². The molecule has 0 aromatic heterocycles. The first-order valence-electron chi connectivity index (χ1n) is 3.29. The molecule has 0 unspecified atom stereocenters. The van der Waals surface area contributed by atoms with E-state index in [1.54, 1.807) is 0 Å². The Bertz CT molecular complexity index is 257. The molecule has 0 rings (SSSR count). The fourth-order valence-electron chi connectivity index (χ4n) is 0. The van der Waals surface area contributed by atoms with Gasteiger partial charge in [-0.25, -0.2) is 0 Å². The topological polar surface area (TPSA) is 397 Å². The van der Waals surface area contributed by atoms with Crippen LogP contribution in [-0.4, -0.2) is 30.5 Å². The molecule has 0 atom stereocenters. The Morgan fingerprint density at radius 1 is 0.280 bits per heavy atom. The zero-order valence-corrected chi connectivity index (χ0v) is 12.4. The SMILES string of the molecule is O=[N+]([O-])[O-].O=[N+]([O-])[O-].O=[N+]([O-])[O-].O=[N+]([O-])[O-].O=[N+]([O-])[O-].O=[N+]([O-])[O-].[Mo+6]. The summed E-state index contributed by atoms with van der Waals surface area (Å²) in [6.45, 7) is 0. The second kappa shape index (κ2) is 36.8. The van der Waals surface area contributed by atoms with Crippen LogP contribution >= 0.6 is 0 Å². The maximum Gasteiger partial charge on any atom is 6.00 e. The number of nitrogens with zero attached hydrogens (tertiary/aromatic N) is 6. The van der Waals surface area contributed by atoms with Gasteiger partial charge in [-0.2, -0.15) is 0 Å². The smallest absolute Gasteiger partial charge is 0.356 e. The third-order valence-corrected chi connectivity index (χ3v) is 0. The third kappa shape index (κ3) is 376. The average molecular weight is 468 g/mol. The monoisotopic (exact) mass is 470 g/mol. The minimum atomic E-state index is -1.75. The predicted octanol–water partition coefficient (Wildman–Crippen LogP) is -1.44. The Morgan fingerprint density at radius 3 is 0.280 bits per heavy atom. The molecule has 0 bridgehead atoms. The Morgan fingerprint density at radius 2 is 0.280 bits per heavy atom. The second-order valence-corrected chi connectivity index (χ2v) is 1.34. The molecular weight excluding hydrogens is 468 g/mol. The Labute approximate surface area is 144 Å². The van der Waals surface area contributed by atoms with Crippen molar-refractivity contribution in [1.82, 2.24) is 0 Å². The molecule has 0 amide bonds. The van der Waals surface area contributed by atoms with Crippen LogP contribution in [0.4, 0.5) is 0 Å². The first kappa shape index (κ1) is 42.8. The van der Waals surface area contributed by atoms with Crippen molar-refractivity contribution in [2.45, 2.75) is 0 Å². The summed E-state index contributed by atoms with van der Waals surface area (Å²) in [5.74, 6) is 0. The molecular formula is MoN6O18. The van der Waals surface area contributed by atoms with E-state index in [1.165, 1.54) is 0 Å². The first-order valence-corrected chi connectivity index (χ1v) is 3.29. The summed E-state index contributed by atoms with van der Waals surface area (Å²) in [6, 6.07) is 0. The average Bonchev–Trinajstić information content (AvgIpc) is 2.08. The summed E-state index contributed by atoms with van der Waals surface area (Å²) in [5, 5.41) is 88.5. The van der Waals surface area contributed by atoms with E-state index in [4.69, 9.17) is 91.9 Å². The normalized spacial score (nSPS) is 5.76. The Hall–Kier alpha value is -4.11. The van der Waals surface area contributed by atoms with Crippen LogP contribution in [0.15, 0.2) is 0 Å². The molecule has 0 aliphatic heterocycles. The molecule has 0 heterocycles. The van der Waals surface area contributed by atoms with Gasteiger partial charge in [0.1, 0.15) is 0 Å². The van der Waals surface area contributed by atoms with Crippen molar-refractivity contribution in [2.75, 3.05) is 0 Å². The molecule has 0 radical (unpaired) electrons. The summed E-state index contributed by atoms with van der Waals surface area (Å²) in [5.41, 5.74) is 0. The van der Waals surface area contributed by atoms with E-state index in [0.717, 1.165) is 0 Å². The summed E-state index contributed by atoms with van der Waals surface area (Å²) < 4.78 is 0. The number of hydrogen-bond acceptors (Lipinski definition) is 18. The number of hydrogen-bond donors (Lipinski definition) is 0. The largest absolute Gasteiger partial charge is 6.00 e. The van der Waals surface area contributed by atoms with Gasteiger partial charge >= 0.3 is 21.1 Å². The van der Waals surface area contributed by atoms with E-state index in [-0.39, 0.29) is 21.1 Å². The van der Waals surface area contributed by atoms with Gasteiger partial charge < -0.3 is 91.9 Å². The zero-order valence-electron chi connectivity index (χ0n) is 10.4. The van der Waals surface area contributed by atoms with Gasteiger partial charge in [0.15, 0.2) is 0 Å². The Balaban J connectivity index is -0.0000000309. The molecule has 24 nitrogen and oxygen atoms in total. The van der Waals surface area contributed by atoms with Crippen LogP contribution in [-0.2, 0) is 21.1 Å². The molecule has 144 valence electrons. The number of rotatable bonds is 0. The van der Waals surface area contributed by atoms with E-state index < -0.39 is 30.5 Å². The molecule has 0 aliphatic carbocycles. The van der Waals surface area contributed by atoms with Crippen molar-refractivity contribution in [3.05, 3.63) is 91.9 Å². The van der Waals surface area contributed by atoms with Gasteiger partial charge in [0, 0.05) is 0 Å². The molecule has 25 heavy (non-hydrogen) atoms.